The highest BCUT2D eigenvalue weighted by Gasteiger charge is 2.43. The average molecular weight is 1220 g/mol. The van der Waals surface area contributed by atoms with Crippen molar-refractivity contribution in [2.24, 2.45) is 0 Å². The molecule has 0 radical (unpaired) electrons. The van der Waals surface area contributed by atoms with Gasteiger partial charge in [-0.15, -0.1) is 0 Å². The first-order chi connectivity index (χ1) is 45.4. The number of fused-ring (bicyclic) bond motifs is 12. The predicted molar refractivity (Wildman–Crippen MR) is 388 cm³/mol. The number of para-hydroxylation sites is 8. The number of benzene rings is 14. The zero-order valence-corrected chi connectivity index (χ0v) is 51.8. The number of aromatic nitrogens is 2. The van der Waals surface area contributed by atoms with Crippen LogP contribution in [-0.4, -0.2) is 9.13 Å². The van der Waals surface area contributed by atoms with Gasteiger partial charge in [0.1, 0.15) is 0 Å². The molecule has 2 aliphatic rings. The summed E-state index contributed by atoms with van der Waals surface area (Å²) in [5, 5.41) is 10.2. The number of hydrogen-bond acceptors (Lipinski definition) is 4. The molecule has 0 N–H and O–H groups in total. The molecule has 16 aromatic rings. The van der Waals surface area contributed by atoms with Gasteiger partial charge in [0.25, 0.3) is 0 Å². The van der Waals surface area contributed by atoms with Crippen molar-refractivity contribution in [3.63, 3.8) is 0 Å². The molecule has 0 spiro atoms. The Morgan fingerprint density at radius 2 is 0.457 bits per heavy atom. The number of nitrogens with zero attached hydrogens (tertiary/aromatic N) is 4. The molecule has 0 bridgehead atoms. The van der Waals surface area contributed by atoms with E-state index in [-0.39, 0.29) is 0 Å². The lowest BCUT2D eigenvalue weighted by Gasteiger charge is -2.26. The zero-order chi connectivity index (χ0) is 61.3. The summed E-state index contributed by atoms with van der Waals surface area (Å²) in [5.41, 5.74) is 17.1. The molecule has 0 amide bonds. The molecule has 2 aromatic heterocycles. The molecule has 0 atom stereocenters. The zero-order valence-electron chi connectivity index (χ0n) is 50.0. The molecule has 6 nitrogen and oxygen atoms in total. The van der Waals surface area contributed by atoms with E-state index in [2.05, 4.69) is 286 Å². The molecule has 18 rings (SSSR count). The van der Waals surface area contributed by atoms with Crippen LogP contribution in [0.15, 0.2) is 352 Å². The summed E-state index contributed by atoms with van der Waals surface area (Å²) in [7, 11) is -6.23. The summed E-state index contributed by atoms with van der Waals surface area (Å²) in [6, 6.07) is 122. The van der Waals surface area contributed by atoms with E-state index in [1.807, 2.05) is 84.9 Å². The van der Waals surface area contributed by atoms with E-state index in [1.54, 1.807) is 0 Å². The van der Waals surface area contributed by atoms with Gasteiger partial charge in [-0.1, -0.05) is 206 Å². The quantitative estimate of drug-likeness (QED) is 0.128. The molecule has 0 fully saturated rings. The van der Waals surface area contributed by atoms with Gasteiger partial charge in [-0.2, -0.15) is 0 Å². The third-order valence-corrected chi connectivity index (χ3v) is 24.7. The molecule has 2 aliphatic heterocycles. The molecule has 0 saturated carbocycles. The number of anilines is 6. The van der Waals surface area contributed by atoms with Gasteiger partial charge in [-0.3, -0.25) is 0 Å². The van der Waals surface area contributed by atoms with Gasteiger partial charge >= 0.3 is 0 Å². The minimum Gasteiger partial charge on any atom is -0.310 e. The van der Waals surface area contributed by atoms with Gasteiger partial charge in [-0.25, -0.2) is 0 Å². The molecular formula is C84H58N4O2P2. The van der Waals surface area contributed by atoms with Crippen LogP contribution < -0.4 is 41.6 Å². The first-order valence-corrected chi connectivity index (χ1v) is 34.5. The highest BCUT2D eigenvalue weighted by atomic mass is 31.2. The summed E-state index contributed by atoms with van der Waals surface area (Å²) in [6.07, 6.45) is 0. The first-order valence-electron chi connectivity index (χ1n) is 31.1. The number of rotatable bonds is 10. The third-order valence-electron chi connectivity index (χ3n) is 18.3. The van der Waals surface area contributed by atoms with Crippen molar-refractivity contribution < 1.29 is 9.13 Å². The van der Waals surface area contributed by atoms with Gasteiger partial charge in [0.2, 0.25) is 0 Å². The Balaban J connectivity index is 0.000000141. The van der Waals surface area contributed by atoms with E-state index >= 15 is 9.13 Å². The maximum atomic E-state index is 15.5. The Hall–Kier alpha value is -11.3. The van der Waals surface area contributed by atoms with Crippen molar-refractivity contribution in [1.29, 1.82) is 0 Å². The molecular weight excluding hydrogens is 1160 g/mol. The Bertz CT molecular complexity index is 5110. The van der Waals surface area contributed by atoms with Gasteiger partial charge in [0.15, 0.2) is 14.3 Å². The largest absolute Gasteiger partial charge is 0.310 e. The fourth-order valence-corrected chi connectivity index (χ4v) is 20.4. The van der Waals surface area contributed by atoms with Crippen molar-refractivity contribution in [3.05, 3.63) is 352 Å². The Labute approximate surface area is 534 Å². The third kappa shape index (κ3) is 8.79. The lowest BCUT2D eigenvalue weighted by molar-refractivity contribution is 0.592. The lowest BCUT2D eigenvalue weighted by atomic mass is 10.0. The summed E-state index contributed by atoms with van der Waals surface area (Å²) >= 11 is 0. The topological polar surface area (TPSA) is 50.5 Å². The van der Waals surface area contributed by atoms with Crippen LogP contribution in [0.3, 0.4) is 0 Å². The van der Waals surface area contributed by atoms with Gasteiger partial charge in [0, 0.05) is 98.9 Å². The van der Waals surface area contributed by atoms with Crippen LogP contribution in [0.5, 0.6) is 0 Å². The SMILES string of the molecule is O=P1(c2ccccc2)c2ccc(-n3c4ccccc4c4ccccc43)cc2-c2cc(-n3c4ccccc4c4ccccc43)ccc21.O=P1(c2ccccc2)c2ccc(N(c3ccccc3)c3ccccc3)cc2-c2cc(N(c3ccccc3)c3ccccc3)ccc21. The Morgan fingerprint density at radius 3 is 0.750 bits per heavy atom. The second kappa shape index (κ2) is 22.3. The highest BCUT2D eigenvalue weighted by Crippen LogP contribution is 2.56. The molecule has 14 aromatic carbocycles. The van der Waals surface area contributed by atoms with Crippen molar-refractivity contribution in [1.82, 2.24) is 9.13 Å². The summed E-state index contributed by atoms with van der Waals surface area (Å²) < 4.78 is 35.6. The molecule has 0 aliphatic carbocycles. The fraction of sp³-hybridized carbons (Fsp3) is 0. The van der Waals surface area contributed by atoms with Gasteiger partial charge in [0.05, 0.1) is 22.1 Å². The normalized spacial score (nSPS) is 13.0. The van der Waals surface area contributed by atoms with Crippen LogP contribution in [0.25, 0.3) is 77.2 Å². The Morgan fingerprint density at radius 1 is 0.217 bits per heavy atom. The summed E-state index contributed by atoms with van der Waals surface area (Å²) in [6.45, 7) is 0. The minimum absolute atomic E-state index is 0.849. The summed E-state index contributed by atoms with van der Waals surface area (Å²) in [4.78, 5) is 4.52. The second-order valence-electron chi connectivity index (χ2n) is 23.4. The van der Waals surface area contributed by atoms with E-state index in [1.165, 1.54) is 21.5 Å². The van der Waals surface area contributed by atoms with Gasteiger partial charge in [-0.05, 0) is 168 Å². The maximum Gasteiger partial charge on any atom is 0.172 e. The van der Waals surface area contributed by atoms with E-state index in [4.69, 9.17) is 0 Å². The molecule has 4 heterocycles. The molecule has 0 unspecified atom stereocenters. The average Bonchev–Trinajstić information content (AvgIpc) is 1.57. The minimum atomic E-state index is -3.13. The summed E-state index contributed by atoms with van der Waals surface area (Å²) in [5.74, 6) is 0. The highest BCUT2D eigenvalue weighted by molar-refractivity contribution is 7.87. The maximum absolute atomic E-state index is 15.5. The van der Waals surface area contributed by atoms with E-state index < -0.39 is 14.3 Å². The van der Waals surface area contributed by atoms with E-state index in [0.29, 0.717) is 0 Å². The Kier molecular flexibility index (Phi) is 13.3. The van der Waals surface area contributed by atoms with E-state index in [0.717, 1.165) is 122 Å². The number of hydrogen-bond donors (Lipinski definition) is 0. The van der Waals surface area contributed by atoms with Crippen LogP contribution in [0.1, 0.15) is 0 Å². The predicted octanol–water partition coefficient (Wildman–Crippen LogP) is 19.7. The fourth-order valence-electron chi connectivity index (χ4n) is 14.3. The van der Waals surface area contributed by atoms with Crippen LogP contribution in [0, 0.1) is 0 Å². The van der Waals surface area contributed by atoms with Crippen LogP contribution >= 0.6 is 14.3 Å². The van der Waals surface area contributed by atoms with Crippen LogP contribution in [0.2, 0.25) is 0 Å². The smallest absolute Gasteiger partial charge is 0.172 e. The van der Waals surface area contributed by atoms with Crippen molar-refractivity contribution >= 4 is 124 Å². The molecule has 8 heteroatoms. The lowest BCUT2D eigenvalue weighted by Crippen LogP contribution is -2.21. The monoisotopic (exact) mass is 1220 g/mol. The molecule has 92 heavy (non-hydrogen) atoms. The molecule has 436 valence electrons. The van der Waals surface area contributed by atoms with Crippen LogP contribution in [-0.2, 0) is 9.13 Å². The van der Waals surface area contributed by atoms with Crippen molar-refractivity contribution in [3.8, 4) is 33.6 Å². The van der Waals surface area contributed by atoms with E-state index in [9.17, 15) is 0 Å². The molecule has 0 saturated heterocycles. The standard InChI is InChI=1S/C42H27N2OP.C42H31N2OP/c45-46(30-12-2-1-3-13-30)41-24-22-28(43-37-18-8-4-14-31(37)32-15-5-9-19-38(32)43)26-35(41)36-27-29(23-25-42(36)46)44-39-20-10-6-16-33(39)34-17-7-11-21-40(34)44;45-46(38-24-14-5-15-25-38)41-28-26-36(43(32-16-6-1-7-17-32)33-18-8-2-9-19-33)30-39(41)40-31-37(27-29-42(40)46)44(34-20-10-3-11-21-34)35-22-12-4-13-23-35/h1-27H;1-31H. The first kappa shape index (κ1) is 54.9. The van der Waals surface area contributed by atoms with Gasteiger partial charge < -0.3 is 28.1 Å². The van der Waals surface area contributed by atoms with Crippen molar-refractivity contribution in [2.75, 3.05) is 9.80 Å². The second-order valence-corrected chi connectivity index (χ2v) is 28.8. The van der Waals surface area contributed by atoms with Crippen molar-refractivity contribution in [2.45, 2.75) is 0 Å². The van der Waals surface area contributed by atoms with Crippen LogP contribution in [0.4, 0.5) is 34.1 Å².